The summed E-state index contributed by atoms with van der Waals surface area (Å²) < 4.78 is 13.0. The van der Waals surface area contributed by atoms with Gasteiger partial charge in [0, 0.05) is 24.4 Å². The minimum atomic E-state index is -0.203. The molecule has 2 fully saturated rings. The minimum absolute atomic E-state index is 0.174. The molecule has 1 aromatic rings. The molecule has 1 unspecified atom stereocenters. The van der Waals surface area contributed by atoms with Gasteiger partial charge in [-0.3, -0.25) is 4.79 Å². The van der Waals surface area contributed by atoms with Crippen LogP contribution in [-0.4, -0.2) is 24.5 Å². The second-order valence-corrected chi connectivity index (χ2v) is 7.35. The number of carbonyl (C=O) groups is 1. The summed E-state index contributed by atoms with van der Waals surface area (Å²) in [7, 11) is 0. The van der Waals surface area contributed by atoms with Crippen LogP contribution in [0.3, 0.4) is 0 Å². The van der Waals surface area contributed by atoms with Crippen molar-refractivity contribution in [3.05, 3.63) is 35.6 Å². The molecule has 3 rings (SSSR count). The predicted octanol–water partition coefficient (Wildman–Crippen LogP) is 2.07. The number of benzene rings is 1. The average molecular weight is 319 g/mol. The maximum atomic E-state index is 13.0. The first-order valence-corrected chi connectivity index (χ1v) is 9.00. The van der Waals surface area contributed by atoms with E-state index in [1.807, 2.05) is 12.1 Å². The lowest BCUT2D eigenvalue weighted by Gasteiger charge is -2.30. The van der Waals surface area contributed by atoms with Gasteiger partial charge in [0.15, 0.2) is 6.54 Å². The maximum absolute atomic E-state index is 13.0. The van der Waals surface area contributed by atoms with Crippen LogP contribution in [0, 0.1) is 11.7 Å². The molecule has 0 spiro atoms. The van der Waals surface area contributed by atoms with Crippen molar-refractivity contribution >= 4 is 5.91 Å². The summed E-state index contributed by atoms with van der Waals surface area (Å²) in [6.07, 6.45) is 7.25. The summed E-state index contributed by atoms with van der Waals surface area (Å²) in [6, 6.07) is 7.61. The molecule has 2 saturated carbocycles. The number of carbonyl (C=O) groups excluding carboxylic acids is 1. The van der Waals surface area contributed by atoms with E-state index in [0.717, 1.165) is 18.5 Å². The quantitative estimate of drug-likeness (QED) is 0.827. The summed E-state index contributed by atoms with van der Waals surface area (Å²) in [5.41, 5.74) is 1.10. The van der Waals surface area contributed by atoms with E-state index in [1.54, 1.807) is 0 Å². The van der Waals surface area contributed by atoms with Crippen molar-refractivity contribution in [2.75, 3.05) is 6.54 Å². The molecule has 23 heavy (non-hydrogen) atoms. The molecule has 2 aliphatic rings. The van der Waals surface area contributed by atoms with Crippen LogP contribution < -0.4 is 10.2 Å². The summed E-state index contributed by atoms with van der Waals surface area (Å²) in [5.74, 6) is 0.563. The lowest BCUT2D eigenvalue weighted by molar-refractivity contribution is -0.917. The highest BCUT2D eigenvalue weighted by Gasteiger charge is 2.35. The van der Waals surface area contributed by atoms with Gasteiger partial charge >= 0.3 is 0 Å². The Bertz CT molecular complexity index is 527. The summed E-state index contributed by atoms with van der Waals surface area (Å²) in [5, 5.41) is 3.26. The lowest BCUT2D eigenvalue weighted by Crippen LogP contribution is -3.13. The van der Waals surface area contributed by atoms with E-state index < -0.39 is 0 Å². The number of rotatable bonds is 6. The van der Waals surface area contributed by atoms with E-state index in [2.05, 4.69) is 12.2 Å². The molecule has 0 heterocycles. The highest BCUT2D eigenvalue weighted by molar-refractivity contribution is 5.77. The first-order chi connectivity index (χ1) is 11.1. The summed E-state index contributed by atoms with van der Waals surface area (Å²) in [6.45, 7) is 3.58. The summed E-state index contributed by atoms with van der Waals surface area (Å²) >= 11 is 0. The number of quaternary nitrogens is 1. The number of hydrogen-bond acceptors (Lipinski definition) is 1. The van der Waals surface area contributed by atoms with Gasteiger partial charge in [0.25, 0.3) is 5.91 Å². The molecule has 2 N–H and O–H groups in total. The fourth-order valence-electron chi connectivity index (χ4n) is 3.70. The topological polar surface area (TPSA) is 33.5 Å². The molecule has 1 amide bonds. The molecule has 0 aliphatic heterocycles. The second kappa shape index (κ2) is 7.43. The van der Waals surface area contributed by atoms with Gasteiger partial charge in [-0.25, -0.2) is 4.39 Å². The molecule has 2 aliphatic carbocycles. The smallest absolute Gasteiger partial charge is 0.275 e. The van der Waals surface area contributed by atoms with Crippen molar-refractivity contribution in [2.24, 2.45) is 5.92 Å². The molecule has 0 saturated heterocycles. The van der Waals surface area contributed by atoms with Crippen molar-refractivity contribution in [3.8, 4) is 0 Å². The Morgan fingerprint density at radius 3 is 2.52 bits per heavy atom. The highest BCUT2D eigenvalue weighted by Crippen LogP contribution is 2.23. The fourth-order valence-corrected chi connectivity index (χ4v) is 3.70. The first kappa shape index (κ1) is 16.4. The van der Waals surface area contributed by atoms with Crippen molar-refractivity contribution in [1.29, 1.82) is 0 Å². The summed E-state index contributed by atoms with van der Waals surface area (Å²) in [4.78, 5) is 13.8. The first-order valence-electron chi connectivity index (χ1n) is 9.00. The van der Waals surface area contributed by atoms with Gasteiger partial charge in [-0.05, 0) is 30.9 Å². The monoisotopic (exact) mass is 319 g/mol. The van der Waals surface area contributed by atoms with E-state index in [-0.39, 0.29) is 11.7 Å². The Labute approximate surface area is 138 Å². The third-order valence-electron chi connectivity index (χ3n) is 5.34. The van der Waals surface area contributed by atoms with E-state index >= 15 is 0 Å². The largest absolute Gasteiger partial charge is 0.348 e. The Balaban J connectivity index is 1.54. The maximum Gasteiger partial charge on any atom is 0.275 e. The molecule has 3 nitrogen and oxygen atoms in total. The van der Waals surface area contributed by atoms with Crippen LogP contribution in [-0.2, 0) is 11.3 Å². The van der Waals surface area contributed by atoms with Crippen molar-refractivity contribution in [3.63, 3.8) is 0 Å². The predicted molar refractivity (Wildman–Crippen MR) is 88.5 cm³/mol. The average Bonchev–Trinajstić information content (AvgIpc) is 3.36. The molecule has 0 aromatic heterocycles. The van der Waals surface area contributed by atoms with Crippen LogP contribution in [0.5, 0.6) is 0 Å². The molecule has 0 radical (unpaired) electrons. The van der Waals surface area contributed by atoms with Gasteiger partial charge in [0.05, 0.1) is 6.04 Å². The Morgan fingerprint density at radius 2 is 1.87 bits per heavy atom. The van der Waals surface area contributed by atoms with Crippen LogP contribution in [0.1, 0.15) is 51.0 Å². The third kappa shape index (κ3) is 4.77. The van der Waals surface area contributed by atoms with Crippen molar-refractivity contribution in [2.45, 2.75) is 64.1 Å². The zero-order chi connectivity index (χ0) is 16.2. The second-order valence-electron chi connectivity index (χ2n) is 7.35. The standard InChI is InChI=1S/C19H27FN2O/c1-14-4-2-3-5-18(14)21-19(23)13-22(17-10-11-17)12-15-6-8-16(20)9-7-15/h6-9,14,17-18H,2-5,10-13H2,1H3,(H,21,23)/p+1/t14-,18-/m1/s1. The number of nitrogens with one attached hydrogen (secondary N) is 2. The van der Waals surface area contributed by atoms with E-state index in [4.69, 9.17) is 0 Å². The fraction of sp³-hybridized carbons (Fsp3) is 0.632. The van der Waals surface area contributed by atoms with Crippen molar-refractivity contribution in [1.82, 2.24) is 5.32 Å². The zero-order valence-corrected chi connectivity index (χ0v) is 14.0. The normalized spacial score (nSPS) is 25.8. The van der Waals surface area contributed by atoms with Crippen LogP contribution in [0.4, 0.5) is 4.39 Å². The van der Waals surface area contributed by atoms with E-state index in [1.165, 1.54) is 49.1 Å². The van der Waals surface area contributed by atoms with Crippen LogP contribution >= 0.6 is 0 Å². The number of amides is 1. The molecule has 126 valence electrons. The molecular weight excluding hydrogens is 291 g/mol. The lowest BCUT2D eigenvalue weighted by atomic mass is 9.86. The highest BCUT2D eigenvalue weighted by atomic mass is 19.1. The van der Waals surface area contributed by atoms with Gasteiger partial charge < -0.3 is 10.2 Å². The van der Waals surface area contributed by atoms with Gasteiger partial charge in [-0.15, -0.1) is 0 Å². The molecular formula is C19H28FN2O+. The van der Waals surface area contributed by atoms with E-state index in [9.17, 15) is 9.18 Å². The number of halogens is 1. The number of hydrogen-bond donors (Lipinski definition) is 2. The SMILES string of the molecule is C[C@@H]1CCCC[C@H]1NC(=O)C[NH+](Cc1ccc(F)cc1)C1CC1. The van der Waals surface area contributed by atoms with Gasteiger partial charge in [-0.2, -0.15) is 0 Å². The Kier molecular flexibility index (Phi) is 5.31. The van der Waals surface area contributed by atoms with Crippen LogP contribution in [0.15, 0.2) is 24.3 Å². The van der Waals surface area contributed by atoms with E-state index in [0.29, 0.717) is 24.5 Å². The molecule has 0 bridgehead atoms. The van der Waals surface area contributed by atoms with Gasteiger partial charge in [-0.1, -0.05) is 31.9 Å². The minimum Gasteiger partial charge on any atom is -0.348 e. The molecule has 3 atom stereocenters. The third-order valence-corrected chi connectivity index (χ3v) is 5.34. The zero-order valence-electron chi connectivity index (χ0n) is 14.0. The van der Waals surface area contributed by atoms with Crippen LogP contribution in [0.2, 0.25) is 0 Å². The Hall–Kier alpha value is -1.42. The molecule has 4 heteroatoms. The van der Waals surface area contributed by atoms with Crippen LogP contribution in [0.25, 0.3) is 0 Å². The molecule has 1 aromatic carbocycles. The van der Waals surface area contributed by atoms with Crippen molar-refractivity contribution < 1.29 is 14.1 Å². The Morgan fingerprint density at radius 1 is 1.17 bits per heavy atom. The van der Waals surface area contributed by atoms with Gasteiger partial charge in [0.2, 0.25) is 0 Å². The van der Waals surface area contributed by atoms with Gasteiger partial charge in [0.1, 0.15) is 12.4 Å².